The van der Waals surface area contributed by atoms with Crippen LogP contribution in [-0.2, 0) is 19.5 Å². The van der Waals surface area contributed by atoms with Gasteiger partial charge in [-0.05, 0) is 52.2 Å². The van der Waals surface area contributed by atoms with Gasteiger partial charge in [0.15, 0.2) is 11.5 Å². The van der Waals surface area contributed by atoms with Gasteiger partial charge in [0.1, 0.15) is 0 Å². The smallest absolute Gasteiger partial charge is 0.172 e. The molecule has 0 unspecified atom stereocenters. The number of benzene rings is 1. The van der Waals surface area contributed by atoms with Gasteiger partial charge < -0.3 is 15.2 Å². The van der Waals surface area contributed by atoms with E-state index in [4.69, 9.17) is 4.74 Å². The van der Waals surface area contributed by atoms with Crippen LogP contribution in [0, 0.1) is 0 Å². The van der Waals surface area contributed by atoms with Crippen LogP contribution < -0.4 is 10.1 Å². The lowest BCUT2D eigenvalue weighted by atomic mass is 10.2. The molecule has 0 fully saturated rings. The Hall–Kier alpha value is -1.04. The molecule has 2 aromatic rings. The summed E-state index contributed by atoms with van der Waals surface area (Å²) in [5.41, 5.74) is 1.07. The third-order valence-electron chi connectivity index (χ3n) is 3.00. The van der Waals surface area contributed by atoms with Gasteiger partial charge in [-0.1, -0.05) is 6.92 Å². The summed E-state index contributed by atoms with van der Waals surface area (Å²) in [6.07, 6.45) is 1.09. The first-order valence-corrected chi connectivity index (χ1v) is 8.08. The van der Waals surface area contributed by atoms with Crippen LogP contribution in [0.5, 0.6) is 11.5 Å². The maximum Gasteiger partial charge on any atom is 0.172 e. The molecule has 20 heavy (non-hydrogen) atoms. The van der Waals surface area contributed by atoms with Crippen molar-refractivity contribution in [3.05, 3.63) is 44.1 Å². The van der Waals surface area contributed by atoms with Gasteiger partial charge in [0.25, 0.3) is 0 Å². The number of phenolic OH excluding ortho intramolecular Hbond substituents is 1. The molecule has 1 aromatic carbocycles. The first-order chi connectivity index (χ1) is 9.63. The van der Waals surface area contributed by atoms with Crippen molar-refractivity contribution in [2.75, 3.05) is 7.11 Å². The number of phenols is 1. The Balaban J connectivity index is 1.95. The van der Waals surface area contributed by atoms with Crippen molar-refractivity contribution < 1.29 is 9.84 Å². The zero-order valence-corrected chi connectivity index (χ0v) is 14.0. The first-order valence-electron chi connectivity index (χ1n) is 6.47. The number of nitrogens with one attached hydrogen (secondary N) is 1. The average Bonchev–Trinajstić information content (AvgIpc) is 2.90. The van der Waals surface area contributed by atoms with E-state index in [0.29, 0.717) is 10.2 Å². The molecule has 0 aliphatic carbocycles. The molecule has 5 heteroatoms. The minimum atomic E-state index is 0.141. The van der Waals surface area contributed by atoms with Crippen molar-refractivity contribution in [1.82, 2.24) is 5.32 Å². The number of methoxy groups -OCH3 is 1. The fourth-order valence-corrected chi connectivity index (χ4v) is 3.34. The highest BCUT2D eigenvalue weighted by atomic mass is 79.9. The van der Waals surface area contributed by atoms with E-state index in [1.165, 1.54) is 9.75 Å². The van der Waals surface area contributed by atoms with E-state index < -0.39 is 0 Å². The highest BCUT2D eigenvalue weighted by Gasteiger charge is 2.08. The van der Waals surface area contributed by atoms with Gasteiger partial charge in [-0.3, -0.25) is 0 Å². The van der Waals surface area contributed by atoms with Gasteiger partial charge in [-0.15, -0.1) is 11.3 Å². The van der Waals surface area contributed by atoms with Crippen LogP contribution in [-0.4, -0.2) is 12.2 Å². The summed E-state index contributed by atoms with van der Waals surface area (Å²) in [5.74, 6) is 0.627. The number of hydrogen-bond acceptors (Lipinski definition) is 4. The maximum atomic E-state index is 9.76. The van der Waals surface area contributed by atoms with Gasteiger partial charge in [0, 0.05) is 22.8 Å². The topological polar surface area (TPSA) is 41.5 Å². The minimum absolute atomic E-state index is 0.141. The summed E-state index contributed by atoms with van der Waals surface area (Å²) in [6, 6.07) is 8.10. The van der Waals surface area contributed by atoms with Gasteiger partial charge in [0.05, 0.1) is 11.6 Å². The van der Waals surface area contributed by atoms with Crippen LogP contribution in [0.1, 0.15) is 22.2 Å². The summed E-state index contributed by atoms with van der Waals surface area (Å²) in [7, 11) is 1.55. The lowest BCUT2D eigenvalue weighted by Crippen LogP contribution is -2.11. The molecular weight excluding hydrogens is 338 g/mol. The Morgan fingerprint density at radius 2 is 2.00 bits per heavy atom. The number of ether oxygens (including phenoxy) is 1. The van der Waals surface area contributed by atoms with E-state index in [0.717, 1.165) is 25.1 Å². The summed E-state index contributed by atoms with van der Waals surface area (Å²) in [5, 5.41) is 13.2. The van der Waals surface area contributed by atoms with Crippen LogP contribution >= 0.6 is 27.3 Å². The van der Waals surface area contributed by atoms with E-state index in [1.54, 1.807) is 7.11 Å². The molecule has 0 saturated carbocycles. The van der Waals surface area contributed by atoms with Crippen LogP contribution in [0.15, 0.2) is 28.7 Å². The number of thiophene rings is 1. The number of hydrogen-bond donors (Lipinski definition) is 2. The van der Waals surface area contributed by atoms with Crippen molar-refractivity contribution >= 4 is 27.3 Å². The lowest BCUT2D eigenvalue weighted by Gasteiger charge is -2.09. The lowest BCUT2D eigenvalue weighted by molar-refractivity contribution is 0.371. The molecule has 0 saturated heterocycles. The molecule has 2 rings (SSSR count). The third kappa shape index (κ3) is 3.75. The molecule has 0 atom stereocenters. The Morgan fingerprint density at radius 3 is 2.65 bits per heavy atom. The second-order valence-corrected chi connectivity index (χ2v) is 6.56. The number of rotatable bonds is 6. The van der Waals surface area contributed by atoms with Crippen LogP contribution in [0.4, 0.5) is 0 Å². The first kappa shape index (κ1) is 15.4. The Bertz CT molecular complexity index is 583. The molecule has 1 heterocycles. The summed E-state index contributed by atoms with van der Waals surface area (Å²) >= 11 is 5.18. The fraction of sp³-hybridized carbons (Fsp3) is 0.333. The predicted molar refractivity (Wildman–Crippen MR) is 86.6 cm³/mol. The van der Waals surface area contributed by atoms with Gasteiger partial charge in [-0.25, -0.2) is 0 Å². The van der Waals surface area contributed by atoms with Gasteiger partial charge >= 0.3 is 0 Å². The van der Waals surface area contributed by atoms with Crippen molar-refractivity contribution in [3.8, 4) is 11.5 Å². The zero-order chi connectivity index (χ0) is 14.5. The Kier molecular flexibility index (Phi) is 5.46. The average molecular weight is 356 g/mol. The highest BCUT2D eigenvalue weighted by Crippen LogP contribution is 2.35. The van der Waals surface area contributed by atoms with Crippen molar-refractivity contribution in [2.45, 2.75) is 26.4 Å². The summed E-state index contributed by atoms with van der Waals surface area (Å²) in [4.78, 5) is 2.75. The van der Waals surface area contributed by atoms with Crippen molar-refractivity contribution in [1.29, 1.82) is 0 Å². The molecule has 0 aliphatic rings. The molecule has 0 bridgehead atoms. The number of aryl methyl sites for hydroxylation is 1. The quantitative estimate of drug-likeness (QED) is 0.820. The second-order valence-electron chi connectivity index (χ2n) is 4.45. The molecule has 0 aliphatic heterocycles. The van der Waals surface area contributed by atoms with Crippen molar-refractivity contribution in [3.63, 3.8) is 0 Å². The molecular formula is C15H18BrNO2S. The Morgan fingerprint density at radius 1 is 1.25 bits per heavy atom. The van der Waals surface area contributed by atoms with Gasteiger partial charge in [-0.2, -0.15) is 0 Å². The monoisotopic (exact) mass is 355 g/mol. The number of halogens is 1. The highest BCUT2D eigenvalue weighted by molar-refractivity contribution is 9.10. The van der Waals surface area contributed by atoms with Crippen LogP contribution in [0.25, 0.3) is 0 Å². The van der Waals surface area contributed by atoms with Crippen LogP contribution in [0.3, 0.4) is 0 Å². The molecule has 2 N–H and O–H groups in total. The summed E-state index contributed by atoms with van der Waals surface area (Å²) in [6.45, 7) is 3.75. The van der Waals surface area contributed by atoms with E-state index in [9.17, 15) is 5.11 Å². The van der Waals surface area contributed by atoms with Gasteiger partial charge in [0.2, 0.25) is 0 Å². The molecule has 0 amide bonds. The van der Waals surface area contributed by atoms with E-state index in [-0.39, 0.29) is 5.75 Å². The third-order valence-corrected chi connectivity index (χ3v) is 4.84. The predicted octanol–water partition coefficient (Wildman–Crippen LogP) is 4.08. The minimum Gasteiger partial charge on any atom is -0.503 e. The maximum absolute atomic E-state index is 9.76. The van der Waals surface area contributed by atoms with E-state index in [1.807, 2.05) is 23.5 Å². The SMILES string of the molecule is CCc1ccc(CNCc2cc(Br)c(O)c(OC)c2)s1. The zero-order valence-electron chi connectivity index (χ0n) is 11.6. The van der Waals surface area contributed by atoms with E-state index >= 15 is 0 Å². The Labute approximate surface area is 131 Å². The molecule has 0 spiro atoms. The normalized spacial score (nSPS) is 10.8. The number of aromatic hydroxyl groups is 1. The molecule has 1 aromatic heterocycles. The summed E-state index contributed by atoms with van der Waals surface area (Å²) < 4.78 is 5.79. The van der Waals surface area contributed by atoms with Crippen LogP contribution in [0.2, 0.25) is 0 Å². The fourth-order valence-electron chi connectivity index (χ4n) is 1.92. The van der Waals surface area contributed by atoms with E-state index in [2.05, 4.69) is 40.3 Å². The second kappa shape index (κ2) is 7.11. The molecule has 108 valence electrons. The standard InChI is InChI=1S/C15H18BrNO2S/c1-3-11-4-5-12(20-11)9-17-8-10-6-13(16)15(18)14(7-10)19-2/h4-7,17-18H,3,8-9H2,1-2H3. The largest absolute Gasteiger partial charge is 0.503 e. The molecule has 3 nitrogen and oxygen atoms in total. The molecule has 0 radical (unpaired) electrons. The van der Waals surface area contributed by atoms with Crippen molar-refractivity contribution in [2.24, 2.45) is 0 Å².